The number of pyridine rings is 1. The van der Waals surface area contributed by atoms with Crippen LogP contribution in [-0.2, 0) is 0 Å². The van der Waals surface area contributed by atoms with Gasteiger partial charge in [0.05, 0.1) is 0 Å². The van der Waals surface area contributed by atoms with Gasteiger partial charge in [-0.05, 0) is 56.1 Å². The molecule has 2 aliphatic carbocycles. The first-order chi connectivity index (χ1) is 8.86. The standard InChI is InChI=1S/C15H23N3/c1-2-10-16-13-4-3-5-14(17-13)18-15(11-6-7-11)12-8-9-12/h3-5,11-12,15H,2,6-10H2,1H3,(H2,16,17,18). The lowest BCUT2D eigenvalue weighted by Crippen LogP contribution is -2.24. The van der Waals surface area contributed by atoms with E-state index >= 15 is 0 Å². The maximum absolute atomic E-state index is 4.65. The van der Waals surface area contributed by atoms with Gasteiger partial charge in [-0.15, -0.1) is 0 Å². The Bertz CT molecular complexity index is 384. The summed E-state index contributed by atoms with van der Waals surface area (Å²) in [5.74, 6) is 3.85. The van der Waals surface area contributed by atoms with Crippen LogP contribution in [0.1, 0.15) is 39.0 Å². The number of anilines is 2. The van der Waals surface area contributed by atoms with Crippen molar-refractivity contribution in [3.8, 4) is 0 Å². The molecule has 1 aromatic heterocycles. The largest absolute Gasteiger partial charge is 0.370 e. The second kappa shape index (κ2) is 5.17. The summed E-state index contributed by atoms with van der Waals surface area (Å²) in [6, 6.07) is 6.90. The monoisotopic (exact) mass is 245 g/mol. The molecular formula is C15H23N3. The molecule has 0 atom stereocenters. The second-order valence-electron chi connectivity index (χ2n) is 5.68. The fourth-order valence-electron chi connectivity index (χ4n) is 2.57. The molecule has 0 spiro atoms. The van der Waals surface area contributed by atoms with Gasteiger partial charge < -0.3 is 10.6 Å². The molecule has 3 rings (SSSR count). The first-order valence-corrected chi connectivity index (χ1v) is 7.34. The Balaban J connectivity index is 1.63. The fourth-order valence-corrected chi connectivity index (χ4v) is 2.57. The lowest BCUT2D eigenvalue weighted by Gasteiger charge is -2.18. The van der Waals surface area contributed by atoms with Crippen LogP contribution in [0.25, 0.3) is 0 Å². The normalized spacial score (nSPS) is 19.0. The number of hydrogen-bond acceptors (Lipinski definition) is 3. The predicted molar refractivity (Wildman–Crippen MR) is 75.9 cm³/mol. The summed E-state index contributed by atoms with van der Waals surface area (Å²) >= 11 is 0. The first kappa shape index (κ1) is 11.8. The molecule has 0 unspecified atom stereocenters. The lowest BCUT2D eigenvalue weighted by atomic mass is 10.1. The van der Waals surface area contributed by atoms with Crippen molar-refractivity contribution in [2.75, 3.05) is 17.2 Å². The van der Waals surface area contributed by atoms with Crippen LogP contribution in [0.15, 0.2) is 18.2 Å². The van der Waals surface area contributed by atoms with Crippen molar-refractivity contribution in [1.82, 2.24) is 4.98 Å². The number of rotatable bonds is 7. The van der Waals surface area contributed by atoms with Crippen molar-refractivity contribution in [3.05, 3.63) is 18.2 Å². The van der Waals surface area contributed by atoms with Gasteiger partial charge in [0.25, 0.3) is 0 Å². The Labute approximate surface area is 109 Å². The minimum Gasteiger partial charge on any atom is -0.370 e. The smallest absolute Gasteiger partial charge is 0.128 e. The molecule has 0 bridgehead atoms. The van der Waals surface area contributed by atoms with Crippen molar-refractivity contribution in [2.45, 2.75) is 45.1 Å². The molecule has 2 aliphatic rings. The average Bonchev–Trinajstić information content (AvgIpc) is 3.28. The van der Waals surface area contributed by atoms with Gasteiger partial charge in [-0.25, -0.2) is 4.98 Å². The van der Waals surface area contributed by atoms with Crippen molar-refractivity contribution in [1.29, 1.82) is 0 Å². The third-order valence-corrected chi connectivity index (χ3v) is 3.88. The van der Waals surface area contributed by atoms with Crippen LogP contribution in [0.2, 0.25) is 0 Å². The van der Waals surface area contributed by atoms with Gasteiger partial charge in [-0.2, -0.15) is 0 Å². The topological polar surface area (TPSA) is 37.0 Å². The van der Waals surface area contributed by atoms with Gasteiger partial charge in [0, 0.05) is 12.6 Å². The van der Waals surface area contributed by atoms with Gasteiger partial charge in [0.1, 0.15) is 11.6 Å². The Morgan fingerprint density at radius 1 is 1.17 bits per heavy atom. The Hall–Kier alpha value is -1.25. The van der Waals surface area contributed by atoms with E-state index in [0.29, 0.717) is 6.04 Å². The van der Waals surface area contributed by atoms with Gasteiger partial charge in [-0.1, -0.05) is 13.0 Å². The van der Waals surface area contributed by atoms with Crippen LogP contribution in [0.4, 0.5) is 11.6 Å². The molecule has 0 amide bonds. The average molecular weight is 245 g/mol. The zero-order chi connectivity index (χ0) is 12.4. The summed E-state index contributed by atoms with van der Waals surface area (Å²) < 4.78 is 0. The number of nitrogens with one attached hydrogen (secondary N) is 2. The fraction of sp³-hybridized carbons (Fsp3) is 0.667. The van der Waals surface area contributed by atoms with Crippen molar-refractivity contribution in [3.63, 3.8) is 0 Å². The summed E-state index contributed by atoms with van der Waals surface area (Å²) in [4.78, 5) is 4.65. The summed E-state index contributed by atoms with van der Waals surface area (Å²) in [7, 11) is 0. The third-order valence-electron chi connectivity index (χ3n) is 3.88. The molecule has 0 radical (unpaired) electrons. The Kier molecular flexibility index (Phi) is 3.39. The molecule has 18 heavy (non-hydrogen) atoms. The molecule has 1 heterocycles. The molecule has 1 aromatic rings. The minimum atomic E-state index is 0.680. The summed E-state index contributed by atoms with van der Waals surface area (Å²) in [6.07, 6.45) is 6.75. The summed E-state index contributed by atoms with van der Waals surface area (Å²) in [5.41, 5.74) is 0. The van der Waals surface area contributed by atoms with E-state index in [1.54, 1.807) is 0 Å². The molecule has 2 saturated carbocycles. The highest BCUT2D eigenvalue weighted by Gasteiger charge is 2.41. The van der Waals surface area contributed by atoms with E-state index in [4.69, 9.17) is 0 Å². The number of hydrogen-bond donors (Lipinski definition) is 2. The van der Waals surface area contributed by atoms with E-state index in [-0.39, 0.29) is 0 Å². The molecule has 0 aromatic carbocycles. The highest BCUT2D eigenvalue weighted by Crippen LogP contribution is 2.45. The van der Waals surface area contributed by atoms with Gasteiger partial charge in [0.15, 0.2) is 0 Å². The van der Waals surface area contributed by atoms with Crippen molar-refractivity contribution >= 4 is 11.6 Å². The maximum Gasteiger partial charge on any atom is 0.128 e. The SMILES string of the molecule is CCCNc1cccc(NC(C2CC2)C2CC2)n1. The highest BCUT2D eigenvalue weighted by atomic mass is 15.1. The minimum absolute atomic E-state index is 0.680. The van der Waals surface area contributed by atoms with E-state index < -0.39 is 0 Å². The third kappa shape index (κ3) is 2.95. The van der Waals surface area contributed by atoms with Crippen LogP contribution >= 0.6 is 0 Å². The van der Waals surface area contributed by atoms with E-state index in [0.717, 1.165) is 36.4 Å². The van der Waals surface area contributed by atoms with Crippen LogP contribution in [-0.4, -0.2) is 17.6 Å². The van der Waals surface area contributed by atoms with Gasteiger partial charge in [-0.3, -0.25) is 0 Å². The molecule has 3 heteroatoms. The van der Waals surface area contributed by atoms with E-state index in [2.05, 4.69) is 34.7 Å². The Morgan fingerprint density at radius 3 is 2.44 bits per heavy atom. The van der Waals surface area contributed by atoms with E-state index in [1.165, 1.54) is 25.7 Å². The molecule has 2 N–H and O–H groups in total. The number of nitrogens with zero attached hydrogens (tertiary/aromatic N) is 1. The van der Waals surface area contributed by atoms with Crippen molar-refractivity contribution in [2.24, 2.45) is 11.8 Å². The van der Waals surface area contributed by atoms with Gasteiger partial charge >= 0.3 is 0 Å². The molecular weight excluding hydrogens is 222 g/mol. The van der Waals surface area contributed by atoms with Crippen LogP contribution in [0.5, 0.6) is 0 Å². The van der Waals surface area contributed by atoms with Crippen LogP contribution in [0.3, 0.4) is 0 Å². The van der Waals surface area contributed by atoms with Crippen molar-refractivity contribution < 1.29 is 0 Å². The number of aromatic nitrogens is 1. The second-order valence-corrected chi connectivity index (χ2v) is 5.68. The predicted octanol–water partition coefficient (Wildman–Crippen LogP) is 3.50. The first-order valence-electron chi connectivity index (χ1n) is 7.34. The maximum atomic E-state index is 4.65. The molecule has 98 valence electrons. The Morgan fingerprint density at radius 2 is 1.83 bits per heavy atom. The highest BCUT2D eigenvalue weighted by molar-refractivity contribution is 5.46. The molecule has 0 aliphatic heterocycles. The quantitative estimate of drug-likeness (QED) is 0.772. The van der Waals surface area contributed by atoms with Crippen LogP contribution in [0, 0.1) is 11.8 Å². The molecule has 0 saturated heterocycles. The molecule has 2 fully saturated rings. The van der Waals surface area contributed by atoms with Crippen LogP contribution < -0.4 is 10.6 Å². The summed E-state index contributed by atoms with van der Waals surface area (Å²) in [5, 5.41) is 7.02. The van der Waals surface area contributed by atoms with E-state index in [1.807, 2.05) is 6.07 Å². The van der Waals surface area contributed by atoms with E-state index in [9.17, 15) is 0 Å². The molecule has 3 nitrogen and oxygen atoms in total. The van der Waals surface area contributed by atoms with Gasteiger partial charge in [0.2, 0.25) is 0 Å². The lowest BCUT2D eigenvalue weighted by molar-refractivity contribution is 0.566. The summed E-state index contributed by atoms with van der Waals surface area (Å²) in [6.45, 7) is 3.16. The zero-order valence-corrected chi connectivity index (χ0v) is 11.2. The zero-order valence-electron chi connectivity index (χ0n) is 11.2.